The minimum Gasteiger partial charge on any atom is -0.383 e. The molecule has 5 heteroatoms. The van der Waals surface area contributed by atoms with Crippen molar-refractivity contribution in [2.45, 2.75) is 22.5 Å². The maximum atomic E-state index is 6.37. The first-order valence-electron chi connectivity index (χ1n) is 5.45. The van der Waals surface area contributed by atoms with Crippen LogP contribution >= 0.6 is 27.5 Å². The number of hydrogen-bond donors (Lipinski definition) is 1. The number of fused-ring (bicyclic) bond motifs is 1. The molecule has 3 nitrogen and oxygen atoms in total. The number of nitrogens with two attached hydrogens (primary N) is 1. The molecule has 0 saturated heterocycles. The fraction of sp³-hybridized carbons (Fsp3) is 0.333. The average Bonchev–Trinajstić information content (AvgIpc) is 3.08. The van der Waals surface area contributed by atoms with Crippen LogP contribution in [0.2, 0.25) is 0 Å². The second kappa shape index (κ2) is 3.82. The van der Waals surface area contributed by atoms with Crippen molar-refractivity contribution in [2.24, 2.45) is 0 Å². The van der Waals surface area contributed by atoms with Gasteiger partial charge in [0.1, 0.15) is 11.6 Å². The highest BCUT2D eigenvalue weighted by molar-refractivity contribution is 9.09. The Morgan fingerprint density at radius 2 is 2.00 bits per heavy atom. The maximum absolute atomic E-state index is 6.37. The summed E-state index contributed by atoms with van der Waals surface area (Å²) in [4.78, 5) is 8.60. The summed E-state index contributed by atoms with van der Waals surface area (Å²) in [6.07, 6.45) is 1.97. The topological polar surface area (TPSA) is 51.8 Å². The van der Waals surface area contributed by atoms with E-state index in [0.29, 0.717) is 11.6 Å². The summed E-state index contributed by atoms with van der Waals surface area (Å²) in [5.41, 5.74) is 6.80. The number of aromatic nitrogens is 2. The zero-order valence-electron chi connectivity index (χ0n) is 9.03. The monoisotopic (exact) mass is 311 g/mol. The lowest BCUT2D eigenvalue weighted by Gasteiger charge is -2.14. The Bertz CT molecular complexity index is 583. The van der Waals surface area contributed by atoms with Crippen LogP contribution in [-0.4, -0.2) is 14.8 Å². The Hall–Kier alpha value is -0.870. The van der Waals surface area contributed by atoms with E-state index in [1.807, 2.05) is 24.3 Å². The third kappa shape index (κ3) is 1.89. The van der Waals surface area contributed by atoms with Crippen molar-refractivity contribution < 1.29 is 0 Å². The van der Waals surface area contributed by atoms with Crippen LogP contribution in [0.5, 0.6) is 0 Å². The number of anilines is 1. The molecule has 2 N–H and O–H groups in total. The third-order valence-electron chi connectivity index (χ3n) is 3.06. The zero-order valence-corrected chi connectivity index (χ0v) is 11.4. The van der Waals surface area contributed by atoms with Gasteiger partial charge in [0.2, 0.25) is 0 Å². The maximum Gasteiger partial charge on any atom is 0.146 e. The van der Waals surface area contributed by atoms with Gasteiger partial charge < -0.3 is 5.73 Å². The number of rotatable bonds is 2. The highest BCUT2D eigenvalue weighted by Gasteiger charge is 2.48. The molecule has 1 fully saturated rings. The fourth-order valence-corrected chi connectivity index (χ4v) is 2.69. The minimum absolute atomic E-state index is 0.0384. The standard InChI is InChI=1S/C12H11BrClN3/c13-9(12(14)5-6-12)11-16-8-4-2-1-3-7(8)10(15)17-11/h1-4,9H,5-6H2,(H2,15,16,17). The van der Waals surface area contributed by atoms with Crippen LogP contribution in [0.25, 0.3) is 10.9 Å². The van der Waals surface area contributed by atoms with Gasteiger partial charge in [0.25, 0.3) is 0 Å². The number of nitrogens with zero attached hydrogens (tertiary/aromatic N) is 2. The van der Waals surface area contributed by atoms with E-state index < -0.39 is 0 Å². The van der Waals surface area contributed by atoms with Crippen molar-refractivity contribution in [3.05, 3.63) is 30.1 Å². The highest BCUT2D eigenvalue weighted by Crippen LogP contribution is 2.55. The summed E-state index contributed by atoms with van der Waals surface area (Å²) in [6, 6.07) is 7.72. The van der Waals surface area contributed by atoms with Gasteiger partial charge in [-0.25, -0.2) is 9.97 Å². The van der Waals surface area contributed by atoms with Crippen molar-refractivity contribution in [3.63, 3.8) is 0 Å². The summed E-state index contributed by atoms with van der Waals surface area (Å²) in [5.74, 6) is 1.18. The molecule has 88 valence electrons. The summed E-state index contributed by atoms with van der Waals surface area (Å²) < 4.78 is 0. The molecule has 1 aliphatic rings. The van der Waals surface area contributed by atoms with Gasteiger partial charge in [0, 0.05) is 5.39 Å². The first-order valence-corrected chi connectivity index (χ1v) is 6.75. The van der Waals surface area contributed by atoms with Gasteiger partial charge in [0.15, 0.2) is 0 Å². The average molecular weight is 313 g/mol. The number of nitrogen functional groups attached to an aromatic ring is 1. The predicted octanol–water partition coefficient (Wildman–Crippen LogP) is 3.42. The number of para-hydroxylation sites is 1. The molecule has 1 saturated carbocycles. The SMILES string of the molecule is Nc1nc(C(Br)C2(Cl)CC2)nc2ccccc12. The van der Waals surface area contributed by atoms with Crippen LogP contribution in [0.4, 0.5) is 5.82 Å². The molecule has 0 amide bonds. The van der Waals surface area contributed by atoms with Crippen LogP contribution in [-0.2, 0) is 0 Å². The molecular weight excluding hydrogens is 302 g/mol. The van der Waals surface area contributed by atoms with Crippen molar-refractivity contribution in [1.29, 1.82) is 0 Å². The van der Waals surface area contributed by atoms with E-state index >= 15 is 0 Å². The van der Waals surface area contributed by atoms with Crippen LogP contribution in [0.15, 0.2) is 24.3 Å². The molecule has 1 atom stereocenters. The Kier molecular flexibility index (Phi) is 2.52. The molecule has 0 radical (unpaired) electrons. The Morgan fingerprint density at radius 1 is 1.29 bits per heavy atom. The van der Waals surface area contributed by atoms with Gasteiger partial charge in [-0.3, -0.25) is 0 Å². The molecule has 0 aliphatic heterocycles. The molecule has 0 bridgehead atoms. The first-order chi connectivity index (χ1) is 8.10. The van der Waals surface area contributed by atoms with E-state index in [-0.39, 0.29) is 9.70 Å². The van der Waals surface area contributed by atoms with Crippen molar-refractivity contribution in [2.75, 3.05) is 5.73 Å². The Labute approximate surface area is 113 Å². The van der Waals surface area contributed by atoms with E-state index in [1.165, 1.54) is 0 Å². The van der Waals surface area contributed by atoms with E-state index in [4.69, 9.17) is 17.3 Å². The Balaban J connectivity index is 2.12. The number of hydrogen-bond acceptors (Lipinski definition) is 3. The number of benzene rings is 1. The second-order valence-electron chi connectivity index (χ2n) is 4.38. The van der Waals surface area contributed by atoms with Gasteiger partial charge in [-0.05, 0) is 25.0 Å². The third-order valence-corrected chi connectivity index (χ3v) is 5.20. The molecule has 1 heterocycles. The second-order valence-corrected chi connectivity index (χ2v) is 6.05. The summed E-state index contributed by atoms with van der Waals surface area (Å²) >= 11 is 9.94. The fourth-order valence-electron chi connectivity index (χ4n) is 1.84. The number of halogens is 2. The zero-order chi connectivity index (χ0) is 12.0. The van der Waals surface area contributed by atoms with Crippen LogP contribution in [0, 0.1) is 0 Å². The van der Waals surface area contributed by atoms with Crippen molar-refractivity contribution in [3.8, 4) is 0 Å². The van der Waals surface area contributed by atoms with Crippen molar-refractivity contribution in [1.82, 2.24) is 9.97 Å². The van der Waals surface area contributed by atoms with Crippen LogP contribution in [0.3, 0.4) is 0 Å². The molecule has 3 rings (SSSR count). The van der Waals surface area contributed by atoms with Gasteiger partial charge >= 0.3 is 0 Å². The van der Waals surface area contributed by atoms with Crippen LogP contribution < -0.4 is 5.73 Å². The van der Waals surface area contributed by atoms with Crippen molar-refractivity contribution >= 4 is 44.3 Å². The molecule has 1 aliphatic carbocycles. The minimum atomic E-state index is -0.227. The highest BCUT2D eigenvalue weighted by atomic mass is 79.9. The molecule has 17 heavy (non-hydrogen) atoms. The lowest BCUT2D eigenvalue weighted by Crippen LogP contribution is -2.12. The van der Waals surface area contributed by atoms with Crippen LogP contribution in [0.1, 0.15) is 23.5 Å². The molecule has 1 aromatic heterocycles. The van der Waals surface area contributed by atoms with E-state index in [0.717, 1.165) is 23.7 Å². The summed E-state index contributed by atoms with van der Waals surface area (Å²) in [6.45, 7) is 0. The summed E-state index contributed by atoms with van der Waals surface area (Å²) in [7, 11) is 0. The molecule has 0 spiro atoms. The molecule has 1 aromatic carbocycles. The first kappa shape index (κ1) is 11.2. The van der Waals surface area contributed by atoms with E-state index in [9.17, 15) is 0 Å². The largest absolute Gasteiger partial charge is 0.383 e. The predicted molar refractivity (Wildman–Crippen MR) is 73.4 cm³/mol. The van der Waals surface area contributed by atoms with Gasteiger partial charge in [-0.2, -0.15) is 0 Å². The smallest absolute Gasteiger partial charge is 0.146 e. The molecule has 1 unspecified atom stereocenters. The van der Waals surface area contributed by atoms with Gasteiger partial charge in [-0.15, -0.1) is 11.6 Å². The Morgan fingerprint density at radius 3 is 2.71 bits per heavy atom. The lowest BCUT2D eigenvalue weighted by molar-refractivity contribution is 0.803. The number of alkyl halides is 2. The molecular formula is C12H11BrClN3. The van der Waals surface area contributed by atoms with E-state index in [2.05, 4.69) is 25.9 Å². The lowest BCUT2D eigenvalue weighted by atomic mass is 10.2. The van der Waals surface area contributed by atoms with Gasteiger partial charge in [0.05, 0.1) is 15.2 Å². The van der Waals surface area contributed by atoms with E-state index in [1.54, 1.807) is 0 Å². The normalized spacial score (nSPS) is 19.2. The summed E-state index contributed by atoms with van der Waals surface area (Å²) in [5, 5.41) is 0.885. The molecule has 2 aromatic rings. The quantitative estimate of drug-likeness (QED) is 0.865. The van der Waals surface area contributed by atoms with Gasteiger partial charge in [-0.1, -0.05) is 28.1 Å².